The van der Waals surface area contributed by atoms with E-state index in [-0.39, 0.29) is 5.41 Å². The van der Waals surface area contributed by atoms with Gasteiger partial charge in [0.25, 0.3) is 0 Å². The summed E-state index contributed by atoms with van der Waals surface area (Å²) in [5, 5.41) is 2.68. The molecule has 0 N–H and O–H groups in total. The molecule has 0 fully saturated rings. The first-order valence-corrected chi connectivity index (χ1v) is 15.5. The second kappa shape index (κ2) is 10.2. The number of hydrogen-bond acceptors (Lipinski definition) is 0. The topological polar surface area (TPSA) is 0 Å². The molecule has 0 saturated heterocycles. The molecular formula is C44H34. The zero-order chi connectivity index (χ0) is 29.8. The molecule has 0 nitrogen and oxygen atoms in total. The van der Waals surface area contributed by atoms with Crippen molar-refractivity contribution in [1.82, 2.24) is 0 Å². The van der Waals surface area contributed by atoms with Gasteiger partial charge in [-0.15, -0.1) is 0 Å². The van der Waals surface area contributed by atoms with E-state index in [9.17, 15) is 0 Å². The van der Waals surface area contributed by atoms with E-state index in [1.54, 1.807) is 0 Å². The summed E-state index contributed by atoms with van der Waals surface area (Å²) in [5.41, 5.74) is 16.8. The molecule has 1 aliphatic carbocycles. The fraction of sp³-hybridized carbons (Fsp3) is 0.0909. The van der Waals surface area contributed by atoms with Crippen LogP contribution < -0.4 is 0 Å². The van der Waals surface area contributed by atoms with Gasteiger partial charge in [-0.1, -0.05) is 160 Å². The highest BCUT2D eigenvalue weighted by Gasteiger charge is 2.25. The van der Waals surface area contributed by atoms with Crippen LogP contribution in [0.5, 0.6) is 0 Å². The summed E-state index contributed by atoms with van der Waals surface area (Å²) in [6.07, 6.45) is 0. The molecule has 0 atom stereocenters. The van der Waals surface area contributed by atoms with Crippen molar-refractivity contribution in [3.63, 3.8) is 0 Å². The van der Waals surface area contributed by atoms with Crippen LogP contribution in [0.25, 0.3) is 77.5 Å². The first-order chi connectivity index (χ1) is 21.5. The number of hydrogen-bond donors (Lipinski definition) is 0. The Labute approximate surface area is 260 Å². The highest BCUT2D eigenvalue weighted by atomic mass is 14.3. The van der Waals surface area contributed by atoms with Crippen molar-refractivity contribution in [2.24, 2.45) is 0 Å². The molecule has 0 heteroatoms. The maximum atomic E-state index is 2.41. The van der Waals surface area contributed by atoms with Crippen molar-refractivity contribution in [3.8, 4) is 66.8 Å². The summed E-state index contributed by atoms with van der Waals surface area (Å²) in [6.45, 7) is 6.88. The van der Waals surface area contributed by atoms with Gasteiger partial charge in [0.15, 0.2) is 0 Å². The Morgan fingerprint density at radius 1 is 0.318 bits per heavy atom. The van der Waals surface area contributed by atoms with Gasteiger partial charge in [-0.25, -0.2) is 0 Å². The quantitative estimate of drug-likeness (QED) is 0.200. The third-order valence-corrected chi connectivity index (χ3v) is 9.22. The fourth-order valence-electron chi connectivity index (χ4n) is 6.88. The Kier molecular flexibility index (Phi) is 6.13. The van der Waals surface area contributed by atoms with Gasteiger partial charge in [-0.2, -0.15) is 0 Å². The van der Waals surface area contributed by atoms with Crippen molar-refractivity contribution >= 4 is 10.8 Å². The van der Waals surface area contributed by atoms with Gasteiger partial charge in [0.05, 0.1) is 0 Å². The normalized spacial score (nSPS) is 12.0. The Balaban J connectivity index is 1.22. The zero-order valence-corrected chi connectivity index (χ0v) is 25.4. The van der Waals surface area contributed by atoms with Gasteiger partial charge < -0.3 is 0 Å². The van der Waals surface area contributed by atoms with E-state index in [1.165, 1.54) is 83.1 Å². The van der Waals surface area contributed by atoms with E-state index in [0.29, 0.717) is 0 Å². The number of fused-ring (bicyclic) bond motifs is 3. The molecule has 0 unspecified atom stereocenters. The van der Waals surface area contributed by atoms with Crippen molar-refractivity contribution in [2.75, 3.05) is 0 Å². The molecular weight excluding hydrogens is 528 g/mol. The van der Waals surface area contributed by atoms with Crippen LogP contribution in [0.15, 0.2) is 152 Å². The predicted molar refractivity (Wildman–Crippen MR) is 189 cm³/mol. The lowest BCUT2D eigenvalue weighted by molar-refractivity contribution is 0.590. The smallest absolute Gasteiger partial charge is 0.00201 e. The molecule has 0 saturated carbocycles. The number of benzene rings is 7. The molecule has 0 aromatic heterocycles. The Morgan fingerprint density at radius 3 is 1.61 bits per heavy atom. The second-order valence-corrected chi connectivity index (χ2v) is 13.0. The van der Waals surface area contributed by atoms with Crippen LogP contribution in [0, 0.1) is 0 Å². The summed E-state index contributed by atoms with van der Waals surface area (Å²) >= 11 is 0. The third-order valence-electron chi connectivity index (χ3n) is 9.22. The molecule has 0 spiro atoms. The molecule has 1 aliphatic rings. The van der Waals surface area contributed by atoms with E-state index in [0.717, 1.165) is 0 Å². The second-order valence-electron chi connectivity index (χ2n) is 13.0. The highest BCUT2D eigenvalue weighted by molar-refractivity contribution is 6.19. The Hall–Kier alpha value is -5.20. The molecule has 7 aromatic carbocycles. The van der Waals surface area contributed by atoms with Crippen molar-refractivity contribution in [2.45, 2.75) is 26.2 Å². The average molecular weight is 563 g/mol. The standard InChI is InChI=1S/C44H34/c1-44(2,3)34-23-24-38-41-26-25-37(39-17-10-18-40(43(39)41)42(38)28-34)36-16-8-7-15-35(36)33-14-9-13-32(27-33)31-21-19-30(20-22-31)29-11-5-4-6-12-29/h4-28H,1-3H3. The summed E-state index contributed by atoms with van der Waals surface area (Å²) in [5.74, 6) is 0. The molecule has 8 rings (SSSR count). The summed E-state index contributed by atoms with van der Waals surface area (Å²) in [7, 11) is 0. The Bertz CT molecular complexity index is 2170. The van der Waals surface area contributed by atoms with Crippen molar-refractivity contribution < 1.29 is 0 Å². The minimum absolute atomic E-state index is 0.111. The molecule has 0 radical (unpaired) electrons. The summed E-state index contributed by atoms with van der Waals surface area (Å²) < 4.78 is 0. The van der Waals surface area contributed by atoms with Gasteiger partial charge in [0.1, 0.15) is 0 Å². The van der Waals surface area contributed by atoms with Gasteiger partial charge in [-0.05, 0) is 101 Å². The van der Waals surface area contributed by atoms with Gasteiger partial charge in [0.2, 0.25) is 0 Å². The molecule has 0 amide bonds. The average Bonchev–Trinajstić information content (AvgIpc) is 3.39. The maximum absolute atomic E-state index is 2.41. The van der Waals surface area contributed by atoms with Crippen molar-refractivity contribution in [1.29, 1.82) is 0 Å². The first kappa shape index (κ1) is 26.4. The molecule has 0 bridgehead atoms. The molecule has 7 aromatic rings. The monoisotopic (exact) mass is 562 g/mol. The van der Waals surface area contributed by atoms with Crippen LogP contribution >= 0.6 is 0 Å². The summed E-state index contributed by atoms with van der Waals surface area (Å²) in [6, 6.07) is 55.9. The zero-order valence-electron chi connectivity index (χ0n) is 25.4. The summed E-state index contributed by atoms with van der Waals surface area (Å²) in [4.78, 5) is 0. The predicted octanol–water partition coefficient (Wildman–Crippen LogP) is 12.5. The van der Waals surface area contributed by atoms with E-state index in [4.69, 9.17) is 0 Å². The highest BCUT2D eigenvalue weighted by Crippen LogP contribution is 2.51. The molecule has 0 aliphatic heterocycles. The van der Waals surface area contributed by atoms with E-state index >= 15 is 0 Å². The lowest BCUT2D eigenvalue weighted by Crippen LogP contribution is -2.10. The van der Waals surface area contributed by atoms with E-state index in [2.05, 4.69) is 172 Å². The largest absolute Gasteiger partial charge is 0.0622 e. The van der Waals surface area contributed by atoms with Crippen LogP contribution in [0.1, 0.15) is 26.3 Å². The van der Waals surface area contributed by atoms with Gasteiger partial charge in [0, 0.05) is 0 Å². The van der Waals surface area contributed by atoms with Crippen molar-refractivity contribution in [3.05, 3.63) is 157 Å². The lowest BCUT2D eigenvalue weighted by atomic mass is 9.85. The molecule has 44 heavy (non-hydrogen) atoms. The van der Waals surface area contributed by atoms with E-state index < -0.39 is 0 Å². The van der Waals surface area contributed by atoms with Gasteiger partial charge in [-0.3, -0.25) is 0 Å². The minimum Gasteiger partial charge on any atom is -0.0622 e. The van der Waals surface area contributed by atoms with Crippen LogP contribution in [-0.2, 0) is 5.41 Å². The first-order valence-electron chi connectivity index (χ1n) is 15.5. The molecule has 210 valence electrons. The van der Waals surface area contributed by atoms with Crippen LogP contribution in [0.2, 0.25) is 0 Å². The minimum atomic E-state index is 0.111. The molecule has 0 heterocycles. The SMILES string of the molecule is CC(C)(C)c1ccc2c(c1)-c1cccc3c(-c4ccccc4-c4cccc(-c5ccc(-c6ccccc6)cc5)c4)ccc-2c13. The van der Waals surface area contributed by atoms with E-state index in [1.807, 2.05) is 0 Å². The van der Waals surface area contributed by atoms with Crippen LogP contribution in [0.3, 0.4) is 0 Å². The van der Waals surface area contributed by atoms with Crippen LogP contribution in [-0.4, -0.2) is 0 Å². The number of rotatable bonds is 4. The lowest BCUT2D eigenvalue weighted by Gasteiger charge is -2.20. The Morgan fingerprint density at radius 2 is 0.841 bits per heavy atom. The maximum Gasteiger partial charge on any atom is -0.00201 e. The van der Waals surface area contributed by atoms with Crippen LogP contribution in [0.4, 0.5) is 0 Å². The fourth-order valence-corrected chi connectivity index (χ4v) is 6.88. The van der Waals surface area contributed by atoms with Gasteiger partial charge >= 0.3 is 0 Å². The third kappa shape index (κ3) is 4.38.